The molecule has 3 rings (SSSR count). The molecule has 1 amide bonds. The van der Waals surface area contributed by atoms with Crippen molar-refractivity contribution < 1.29 is 22.7 Å². The number of hydrogen-bond donors (Lipinski definition) is 2. The number of anilines is 1. The maximum atomic E-state index is 12.6. The fraction of sp³-hybridized carbons (Fsp3) is 0.500. The number of ether oxygens (including phenoxy) is 1. The lowest BCUT2D eigenvalue weighted by Crippen LogP contribution is -2.28. The van der Waals surface area contributed by atoms with E-state index in [1.165, 1.54) is 0 Å². The van der Waals surface area contributed by atoms with Gasteiger partial charge >= 0.3 is 12.3 Å². The number of aromatic nitrogens is 4. The molecular formula is C14H17F3N6O2. The topological polar surface area (TPSA) is 88.1 Å². The molecule has 1 aliphatic heterocycles. The van der Waals surface area contributed by atoms with E-state index in [0.29, 0.717) is 37.6 Å². The summed E-state index contributed by atoms with van der Waals surface area (Å²) in [7, 11) is 0. The van der Waals surface area contributed by atoms with Gasteiger partial charge in [0.25, 0.3) is 0 Å². The van der Waals surface area contributed by atoms with Gasteiger partial charge in [0, 0.05) is 12.7 Å². The summed E-state index contributed by atoms with van der Waals surface area (Å²) >= 11 is 0. The van der Waals surface area contributed by atoms with E-state index in [1.54, 1.807) is 28.9 Å². The third-order valence-corrected chi connectivity index (χ3v) is 3.81. The highest BCUT2D eigenvalue weighted by Gasteiger charge is 2.34. The lowest BCUT2D eigenvalue weighted by molar-refractivity contribution is -0.141. The molecule has 0 aliphatic carbocycles. The molecule has 1 unspecified atom stereocenters. The lowest BCUT2D eigenvalue weighted by atomic mass is 10.2. The summed E-state index contributed by atoms with van der Waals surface area (Å²) < 4.78 is 44.2. The predicted octanol–water partition coefficient (Wildman–Crippen LogP) is 2.25. The largest absolute Gasteiger partial charge is 0.448 e. The smallest absolute Gasteiger partial charge is 0.435 e. The molecular weight excluding hydrogens is 341 g/mol. The Kier molecular flexibility index (Phi) is 4.55. The van der Waals surface area contributed by atoms with Crippen LogP contribution in [0.4, 0.5) is 23.7 Å². The third-order valence-electron chi connectivity index (χ3n) is 3.81. The van der Waals surface area contributed by atoms with Crippen LogP contribution in [0.3, 0.4) is 0 Å². The lowest BCUT2D eigenvalue weighted by Gasteiger charge is -2.12. The molecule has 0 aromatic carbocycles. The summed E-state index contributed by atoms with van der Waals surface area (Å²) in [6.07, 6.45) is -1.52. The number of rotatable bonds is 6. The van der Waals surface area contributed by atoms with Gasteiger partial charge in [0.05, 0.1) is 36.7 Å². The standard InChI is InChI=1S/C14H17F3N6O2/c1-9(11-6-12(21-20-11)14(15,16)17)19-10-7-18-23(8-10)3-2-22-4-5-25-13(22)24/h6-9,19H,2-5H2,1H3,(H,20,21). The van der Waals surface area contributed by atoms with E-state index >= 15 is 0 Å². The summed E-state index contributed by atoms with van der Waals surface area (Å²) in [5.74, 6) is 0. The van der Waals surface area contributed by atoms with Crippen molar-refractivity contribution in [3.8, 4) is 0 Å². The minimum Gasteiger partial charge on any atom is -0.448 e. The third kappa shape index (κ3) is 4.03. The van der Waals surface area contributed by atoms with Crippen molar-refractivity contribution in [3.63, 3.8) is 0 Å². The first-order valence-electron chi connectivity index (χ1n) is 7.66. The number of cyclic esters (lactones) is 1. The summed E-state index contributed by atoms with van der Waals surface area (Å²) in [6.45, 7) is 3.64. The summed E-state index contributed by atoms with van der Waals surface area (Å²) in [6, 6.07) is 0.566. The highest BCUT2D eigenvalue weighted by molar-refractivity contribution is 5.69. The molecule has 2 N–H and O–H groups in total. The second kappa shape index (κ2) is 6.65. The first-order chi connectivity index (χ1) is 11.8. The van der Waals surface area contributed by atoms with E-state index in [4.69, 9.17) is 4.74 Å². The predicted molar refractivity (Wildman–Crippen MR) is 80.8 cm³/mol. The zero-order chi connectivity index (χ0) is 18.0. The molecule has 1 aliphatic rings. The molecule has 3 heterocycles. The van der Waals surface area contributed by atoms with Crippen LogP contribution in [0.1, 0.15) is 24.4 Å². The molecule has 0 spiro atoms. The van der Waals surface area contributed by atoms with Gasteiger partial charge in [0.2, 0.25) is 0 Å². The van der Waals surface area contributed by atoms with Crippen molar-refractivity contribution in [2.24, 2.45) is 0 Å². The van der Waals surface area contributed by atoms with Crippen molar-refractivity contribution >= 4 is 11.8 Å². The molecule has 136 valence electrons. The molecule has 25 heavy (non-hydrogen) atoms. The van der Waals surface area contributed by atoms with Gasteiger partial charge in [-0.1, -0.05) is 0 Å². The number of alkyl halides is 3. The summed E-state index contributed by atoms with van der Waals surface area (Å²) in [4.78, 5) is 12.9. The van der Waals surface area contributed by atoms with Crippen LogP contribution in [-0.2, 0) is 17.5 Å². The maximum absolute atomic E-state index is 12.6. The maximum Gasteiger partial charge on any atom is 0.435 e. The Morgan fingerprint density at radius 1 is 1.44 bits per heavy atom. The van der Waals surface area contributed by atoms with E-state index < -0.39 is 17.9 Å². The Bertz CT molecular complexity index is 741. The molecule has 1 saturated heterocycles. The first kappa shape index (κ1) is 17.1. The fourth-order valence-electron chi connectivity index (χ4n) is 2.44. The minimum atomic E-state index is -4.48. The molecule has 0 bridgehead atoms. The first-order valence-corrected chi connectivity index (χ1v) is 7.66. The van der Waals surface area contributed by atoms with Crippen LogP contribution in [-0.4, -0.2) is 50.7 Å². The Morgan fingerprint density at radius 3 is 2.88 bits per heavy atom. The van der Waals surface area contributed by atoms with Crippen LogP contribution in [0.5, 0.6) is 0 Å². The Morgan fingerprint density at radius 2 is 2.24 bits per heavy atom. The fourth-order valence-corrected chi connectivity index (χ4v) is 2.44. The van der Waals surface area contributed by atoms with Crippen molar-refractivity contribution in [1.29, 1.82) is 0 Å². The molecule has 2 aromatic rings. The molecule has 1 fully saturated rings. The average molecular weight is 358 g/mol. The van der Waals surface area contributed by atoms with Crippen LogP contribution in [0.15, 0.2) is 18.5 Å². The average Bonchev–Trinajstić information content (AvgIpc) is 3.25. The number of aromatic amines is 1. The highest BCUT2D eigenvalue weighted by atomic mass is 19.4. The molecule has 8 nitrogen and oxygen atoms in total. The van der Waals surface area contributed by atoms with E-state index in [-0.39, 0.29) is 6.09 Å². The van der Waals surface area contributed by atoms with Gasteiger partial charge < -0.3 is 15.0 Å². The van der Waals surface area contributed by atoms with E-state index in [0.717, 1.165) is 6.07 Å². The van der Waals surface area contributed by atoms with Crippen molar-refractivity contribution in [3.05, 3.63) is 29.8 Å². The summed E-state index contributed by atoms with van der Waals surface area (Å²) in [5.41, 5.74) is 0.0175. The second-order valence-corrected chi connectivity index (χ2v) is 5.67. The van der Waals surface area contributed by atoms with Crippen LogP contribution < -0.4 is 5.32 Å². The number of carbonyl (C=O) groups excluding carboxylic acids is 1. The van der Waals surface area contributed by atoms with Crippen molar-refractivity contribution in [2.45, 2.75) is 25.7 Å². The molecule has 11 heteroatoms. The molecule has 0 radical (unpaired) electrons. The quantitative estimate of drug-likeness (QED) is 0.827. The van der Waals surface area contributed by atoms with Gasteiger partial charge in [0.1, 0.15) is 6.61 Å². The van der Waals surface area contributed by atoms with E-state index in [2.05, 4.69) is 20.6 Å². The highest BCUT2D eigenvalue weighted by Crippen LogP contribution is 2.29. The van der Waals surface area contributed by atoms with Crippen LogP contribution in [0.25, 0.3) is 0 Å². The van der Waals surface area contributed by atoms with Crippen LogP contribution in [0.2, 0.25) is 0 Å². The van der Waals surface area contributed by atoms with E-state index in [1.807, 2.05) is 0 Å². The minimum absolute atomic E-state index is 0.319. The Hall–Kier alpha value is -2.72. The van der Waals surface area contributed by atoms with Gasteiger partial charge in [0.15, 0.2) is 5.69 Å². The zero-order valence-corrected chi connectivity index (χ0v) is 13.4. The van der Waals surface area contributed by atoms with E-state index in [9.17, 15) is 18.0 Å². The SMILES string of the molecule is CC(Nc1cnn(CCN2CCOC2=O)c1)c1cc(C(F)(F)F)n[nH]1. The van der Waals surface area contributed by atoms with Gasteiger partial charge in [-0.2, -0.15) is 23.4 Å². The molecule has 2 aromatic heterocycles. The summed E-state index contributed by atoms with van der Waals surface area (Å²) in [5, 5.41) is 12.9. The Balaban J connectivity index is 1.55. The monoisotopic (exact) mass is 358 g/mol. The molecule has 1 atom stereocenters. The van der Waals surface area contributed by atoms with Crippen molar-refractivity contribution in [2.75, 3.05) is 25.0 Å². The number of halogens is 3. The number of nitrogens with zero attached hydrogens (tertiary/aromatic N) is 4. The zero-order valence-electron chi connectivity index (χ0n) is 13.4. The van der Waals surface area contributed by atoms with Gasteiger partial charge in [-0.15, -0.1) is 0 Å². The number of H-pyrrole nitrogens is 1. The van der Waals surface area contributed by atoms with Gasteiger partial charge in [-0.25, -0.2) is 4.79 Å². The molecule has 0 saturated carbocycles. The number of carbonyl (C=O) groups is 1. The normalized spacial score (nSPS) is 16.2. The number of nitrogens with one attached hydrogen (secondary N) is 2. The Labute approximate surface area is 140 Å². The van der Waals surface area contributed by atoms with Gasteiger partial charge in [-0.3, -0.25) is 9.78 Å². The van der Waals surface area contributed by atoms with Crippen LogP contribution in [0, 0.1) is 0 Å². The van der Waals surface area contributed by atoms with Gasteiger partial charge in [-0.05, 0) is 13.0 Å². The second-order valence-electron chi connectivity index (χ2n) is 5.67. The van der Waals surface area contributed by atoms with Crippen LogP contribution >= 0.6 is 0 Å². The van der Waals surface area contributed by atoms with Crippen molar-refractivity contribution in [1.82, 2.24) is 24.9 Å². The number of amides is 1. The number of hydrogen-bond acceptors (Lipinski definition) is 5.